The third-order valence-electron chi connectivity index (χ3n) is 5.96. The highest BCUT2D eigenvalue weighted by molar-refractivity contribution is 6.16. The lowest BCUT2D eigenvalue weighted by molar-refractivity contribution is -0.117. The van der Waals surface area contributed by atoms with Gasteiger partial charge in [-0.25, -0.2) is 0 Å². The van der Waals surface area contributed by atoms with Gasteiger partial charge in [-0.15, -0.1) is 0 Å². The van der Waals surface area contributed by atoms with Crippen LogP contribution in [0.2, 0.25) is 0 Å². The van der Waals surface area contributed by atoms with Crippen molar-refractivity contribution in [1.29, 1.82) is 0 Å². The number of hydrogen-bond donors (Lipinski definition) is 1. The smallest absolute Gasteiger partial charge is 0.254 e. The molecule has 1 aliphatic rings. The number of hydrogen-bond acceptors (Lipinski definition) is 6. The first-order valence-corrected chi connectivity index (χ1v) is 11.3. The Morgan fingerprint density at radius 1 is 0.912 bits per heavy atom. The van der Waals surface area contributed by atoms with Gasteiger partial charge in [0.15, 0.2) is 11.6 Å². The molecule has 2 amide bonds. The number of carbonyl (C=O) groups excluding carboxylic acids is 3. The van der Waals surface area contributed by atoms with Gasteiger partial charge in [-0.3, -0.25) is 19.3 Å². The van der Waals surface area contributed by atoms with Gasteiger partial charge in [0.25, 0.3) is 5.91 Å². The number of nitrogens with one attached hydrogen (secondary N) is 1. The van der Waals surface area contributed by atoms with E-state index in [1.807, 2.05) is 36.9 Å². The Bertz CT molecular complexity index is 1230. The van der Waals surface area contributed by atoms with Crippen LogP contribution in [0.3, 0.4) is 0 Å². The molecule has 0 spiro atoms. The predicted octanol–water partition coefficient (Wildman–Crippen LogP) is 3.23. The van der Waals surface area contributed by atoms with Gasteiger partial charge in [0.05, 0.1) is 12.1 Å². The molecular formula is C26H28N4O4. The van der Waals surface area contributed by atoms with Crippen LogP contribution in [-0.2, 0) is 4.79 Å². The van der Waals surface area contributed by atoms with Crippen LogP contribution >= 0.6 is 0 Å². The summed E-state index contributed by atoms with van der Waals surface area (Å²) < 4.78 is 4.96. The third kappa shape index (κ3) is 5.23. The summed E-state index contributed by atoms with van der Waals surface area (Å²) in [4.78, 5) is 42.7. The molecule has 0 saturated carbocycles. The quantitative estimate of drug-likeness (QED) is 0.568. The van der Waals surface area contributed by atoms with Gasteiger partial charge in [0.2, 0.25) is 5.91 Å². The zero-order valence-corrected chi connectivity index (χ0v) is 19.6. The summed E-state index contributed by atoms with van der Waals surface area (Å²) in [6.45, 7) is 7.87. The molecule has 2 heterocycles. The van der Waals surface area contributed by atoms with Crippen molar-refractivity contribution in [2.75, 3.05) is 38.0 Å². The summed E-state index contributed by atoms with van der Waals surface area (Å²) in [7, 11) is 0. The van der Waals surface area contributed by atoms with Crippen molar-refractivity contribution in [2.24, 2.45) is 0 Å². The lowest BCUT2D eigenvalue weighted by Crippen LogP contribution is -2.50. The zero-order chi connectivity index (χ0) is 24.2. The van der Waals surface area contributed by atoms with Crippen LogP contribution in [0.25, 0.3) is 0 Å². The normalized spacial score (nSPS) is 14.1. The van der Waals surface area contributed by atoms with Crippen molar-refractivity contribution in [1.82, 2.24) is 15.0 Å². The molecule has 0 bridgehead atoms. The van der Waals surface area contributed by atoms with Crippen LogP contribution in [0.15, 0.2) is 53.1 Å². The Balaban J connectivity index is 1.40. The lowest BCUT2D eigenvalue weighted by atomic mass is 9.94. The maximum atomic E-state index is 13.3. The second-order valence-corrected chi connectivity index (χ2v) is 8.63. The molecule has 176 valence electrons. The topological polar surface area (TPSA) is 95.8 Å². The predicted molar refractivity (Wildman–Crippen MR) is 128 cm³/mol. The van der Waals surface area contributed by atoms with E-state index in [0.29, 0.717) is 54.4 Å². The van der Waals surface area contributed by atoms with Crippen LogP contribution in [0.5, 0.6) is 0 Å². The van der Waals surface area contributed by atoms with E-state index in [4.69, 9.17) is 4.52 Å². The Morgan fingerprint density at radius 3 is 2.29 bits per heavy atom. The molecule has 1 aromatic heterocycles. The van der Waals surface area contributed by atoms with Crippen molar-refractivity contribution < 1.29 is 18.9 Å². The van der Waals surface area contributed by atoms with E-state index in [-0.39, 0.29) is 24.1 Å². The second kappa shape index (κ2) is 10.0. The van der Waals surface area contributed by atoms with E-state index in [9.17, 15) is 14.4 Å². The Hall–Kier alpha value is -3.78. The van der Waals surface area contributed by atoms with Crippen LogP contribution < -0.4 is 5.32 Å². The van der Waals surface area contributed by atoms with E-state index in [1.165, 1.54) is 0 Å². The minimum atomic E-state index is -0.183. The summed E-state index contributed by atoms with van der Waals surface area (Å²) in [5, 5.41) is 6.48. The fourth-order valence-corrected chi connectivity index (χ4v) is 4.08. The fourth-order valence-electron chi connectivity index (χ4n) is 4.08. The summed E-state index contributed by atoms with van der Waals surface area (Å²) in [5.41, 5.74) is 3.30. The van der Waals surface area contributed by atoms with Crippen molar-refractivity contribution >= 4 is 23.4 Å². The molecule has 0 aliphatic carbocycles. The van der Waals surface area contributed by atoms with Crippen LogP contribution in [0, 0.1) is 20.8 Å². The maximum absolute atomic E-state index is 13.3. The number of anilines is 1. The highest BCUT2D eigenvalue weighted by Crippen LogP contribution is 2.21. The Labute approximate surface area is 198 Å². The number of amides is 2. The zero-order valence-electron chi connectivity index (χ0n) is 19.6. The third-order valence-corrected chi connectivity index (χ3v) is 5.96. The van der Waals surface area contributed by atoms with E-state index < -0.39 is 0 Å². The molecule has 0 radical (unpaired) electrons. The van der Waals surface area contributed by atoms with Crippen molar-refractivity contribution in [2.45, 2.75) is 20.8 Å². The number of benzene rings is 2. The Morgan fingerprint density at radius 2 is 1.62 bits per heavy atom. The van der Waals surface area contributed by atoms with Gasteiger partial charge < -0.3 is 14.7 Å². The molecule has 1 fully saturated rings. The largest absolute Gasteiger partial charge is 0.360 e. The van der Waals surface area contributed by atoms with Crippen molar-refractivity contribution in [3.63, 3.8) is 0 Å². The number of rotatable bonds is 6. The molecule has 2 aromatic carbocycles. The summed E-state index contributed by atoms with van der Waals surface area (Å²) in [5.74, 6) is 0.512. The molecule has 1 saturated heterocycles. The standard InChI is InChI=1S/C26H28N4O4/c1-17-8-9-18(2)22(14-17)25(32)20-6-4-5-7-21(20)26(33)30-12-10-29(11-13-30)16-24(31)27-23-15-19(3)34-28-23/h4-9,14-15H,10-13,16H2,1-3H3,(H,27,28,31). The number of carbonyl (C=O) groups is 3. The van der Waals surface area contributed by atoms with Gasteiger partial charge in [-0.2, -0.15) is 0 Å². The molecule has 0 atom stereocenters. The molecule has 1 N–H and O–H groups in total. The molecule has 34 heavy (non-hydrogen) atoms. The molecule has 3 aromatic rings. The SMILES string of the molecule is Cc1ccc(C)c(C(=O)c2ccccc2C(=O)N2CCN(CC(=O)Nc3cc(C)on3)CC2)c1. The van der Waals surface area contributed by atoms with Gasteiger partial charge in [-0.1, -0.05) is 41.1 Å². The van der Waals surface area contributed by atoms with E-state index in [0.717, 1.165) is 11.1 Å². The van der Waals surface area contributed by atoms with Crippen LogP contribution in [-0.4, -0.2) is 65.3 Å². The van der Waals surface area contributed by atoms with Crippen LogP contribution in [0.1, 0.15) is 43.2 Å². The Kier molecular flexibility index (Phi) is 6.88. The summed E-state index contributed by atoms with van der Waals surface area (Å²) in [6.07, 6.45) is 0. The summed E-state index contributed by atoms with van der Waals surface area (Å²) >= 11 is 0. The number of ketones is 1. The fraction of sp³-hybridized carbons (Fsp3) is 0.308. The molecule has 8 heteroatoms. The molecule has 1 aliphatic heterocycles. The molecule has 0 unspecified atom stereocenters. The van der Waals surface area contributed by atoms with E-state index >= 15 is 0 Å². The molecular weight excluding hydrogens is 432 g/mol. The number of aryl methyl sites for hydroxylation is 3. The summed E-state index contributed by atoms with van der Waals surface area (Å²) in [6, 6.07) is 14.4. The first kappa shape index (κ1) is 23.4. The van der Waals surface area contributed by atoms with E-state index in [1.54, 1.807) is 42.2 Å². The lowest BCUT2D eigenvalue weighted by Gasteiger charge is -2.34. The monoisotopic (exact) mass is 460 g/mol. The average Bonchev–Trinajstić information content (AvgIpc) is 3.24. The maximum Gasteiger partial charge on any atom is 0.254 e. The highest BCUT2D eigenvalue weighted by atomic mass is 16.5. The van der Waals surface area contributed by atoms with Gasteiger partial charge >= 0.3 is 0 Å². The number of aromatic nitrogens is 1. The molecule has 8 nitrogen and oxygen atoms in total. The van der Waals surface area contributed by atoms with Crippen molar-refractivity contribution in [3.05, 3.63) is 82.1 Å². The highest BCUT2D eigenvalue weighted by Gasteiger charge is 2.27. The van der Waals surface area contributed by atoms with Gasteiger partial charge in [-0.05, 0) is 38.5 Å². The second-order valence-electron chi connectivity index (χ2n) is 8.63. The number of nitrogens with zero attached hydrogens (tertiary/aromatic N) is 3. The van der Waals surface area contributed by atoms with E-state index in [2.05, 4.69) is 10.5 Å². The number of piperazine rings is 1. The first-order valence-electron chi connectivity index (χ1n) is 11.3. The average molecular weight is 461 g/mol. The van der Waals surface area contributed by atoms with Gasteiger partial charge in [0, 0.05) is 43.4 Å². The minimum Gasteiger partial charge on any atom is -0.360 e. The van der Waals surface area contributed by atoms with Gasteiger partial charge in [0.1, 0.15) is 5.76 Å². The first-order chi connectivity index (χ1) is 16.3. The molecule has 4 rings (SSSR count). The van der Waals surface area contributed by atoms with Crippen molar-refractivity contribution in [3.8, 4) is 0 Å². The van der Waals surface area contributed by atoms with Crippen LogP contribution in [0.4, 0.5) is 5.82 Å². The minimum absolute atomic E-state index is 0.149.